The zero-order valence-electron chi connectivity index (χ0n) is 8.20. The molecule has 1 fully saturated rings. The van der Waals surface area contributed by atoms with Gasteiger partial charge in [0.05, 0.1) is 0 Å². The van der Waals surface area contributed by atoms with E-state index < -0.39 is 0 Å². The second-order valence-electron chi connectivity index (χ2n) is 3.65. The molecule has 2 heterocycles. The molecule has 0 saturated carbocycles. The molecule has 3 heteroatoms. The number of hydrogen-bond donors (Lipinski definition) is 0. The van der Waals surface area contributed by atoms with Crippen molar-refractivity contribution in [3.05, 3.63) is 18.1 Å². The van der Waals surface area contributed by atoms with Gasteiger partial charge < -0.3 is 4.90 Å². The average Bonchev–Trinajstić information content (AvgIpc) is 2.51. The maximum atomic E-state index is 4.42. The van der Waals surface area contributed by atoms with Crippen LogP contribution in [0.4, 0.5) is 5.82 Å². The van der Waals surface area contributed by atoms with Gasteiger partial charge in [0.2, 0.25) is 0 Å². The Morgan fingerprint density at radius 3 is 3.00 bits per heavy atom. The number of anilines is 1. The summed E-state index contributed by atoms with van der Waals surface area (Å²) in [5.74, 6) is 1.94. The van der Waals surface area contributed by atoms with E-state index in [-0.39, 0.29) is 0 Å². The van der Waals surface area contributed by atoms with Gasteiger partial charge in [-0.05, 0) is 32.8 Å². The molecule has 0 amide bonds. The van der Waals surface area contributed by atoms with Crippen LogP contribution in [0.15, 0.2) is 12.3 Å². The van der Waals surface area contributed by atoms with Gasteiger partial charge in [0.1, 0.15) is 11.6 Å². The van der Waals surface area contributed by atoms with Crippen LogP contribution in [0.5, 0.6) is 0 Å². The molecule has 1 aliphatic rings. The Labute approximate surface area is 78.8 Å². The third-order valence-electron chi connectivity index (χ3n) is 2.61. The van der Waals surface area contributed by atoms with Crippen LogP contribution in [0.25, 0.3) is 0 Å². The van der Waals surface area contributed by atoms with Crippen molar-refractivity contribution in [3.8, 4) is 0 Å². The Balaban J connectivity index is 2.24. The zero-order chi connectivity index (χ0) is 9.26. The predicted molar refractivity (Wildman–Crippen MR) is 52.8 cm³/mol. The lowest BCUT2D eigenvalue weighted by atomic mass is 10.2. The maximum Gasteiger partial charge on any atom is 0.132 e. The fraction of sp³-hybridized carbons (Fsp3) is 0.600. The first kappa shape index (κ1) is 8.48. The normalized spacial score (nSPS) is 22.3. The second kappa shape index (κ2) is 3.32. The highest BCUT2D eigenvalue weighted by Gasteiger charge is 2.21. The van der Waals surface area contributed by atoms with Gasteiger partial charge in [-0.1, -0.05) is 0 Å². The van der Waals surface area contributed by atoms with E-state index >= 15 is 0 Å². The first-order valence-corrected chi connectivity index (χ1v) is 4.83. The molecule has 70 valence electrons. The third kappa shape index (κ3) is 1.64. The summed E-state index contributed by atoms with van der Waals surface area (Å²) >= 11 is 0. The molecule has 3 nitrogen and oxygen atoms in total. The van der Waals surface area contributed by atoms with Crippen molar-refractivity contribution in [2.75, 3.05) is 11.4 Å². The quantitative estimate of drug-likeness (QED) is 0.654. The van der Waals surface area contributed by atoms with Gasteiger partial charge in [0.25, 0.3) is 0 Å². The van der Waals surface area contributed by atoms with Crippen molar-refractivity contribution >= 4 is 5.82 Å². The molecule has 0 aliphatic carbocycles. The van der Waals surface area contributed by atoms with Gasteiger partial charge in [-0.2, -0.15) is 0 Å². The molecule has 1 atom stereocenters. The molecule has 1 saturated heterocycles. The third-order valence-corrected chi connectivity index (χ3v) is 2.61. The van der Waals surface area contributed by atoms with E-state index in [0.717, 1.165) is 18.2 Å². The molecule has 0 N–H and O–H groups in total. The molecular weight excluding hydrogens is 162 g/mol. The fourth-order valence-corrected chi connectivity index (χ4v) is 1.88. The van der Waals surface area contributed by atoms with Crippen LogP contribution in [0.1, 0.15) is 25.6 Å². The van der Waals surface area contributed by atoms with Crippen LogP contribution >= 0.6 is 0 Å². The van der Waals surface area contributed by atoms with Crippen LogP contribution in [0.2, 0.25) is 0 Å². The van der Waals surface area contributed by atoms with Gasteiger partial charge in [-0.15, -0.1) is 0 Å². The Hall–Kier alpha value is -1.12. The van der Waals surface area contributed by atoms with Gasteiger partial charge in [-0.25, -0.2) is 9.97 Å². The summed E-state index contributed by atoms with van der Waals surface area (Å²) in [6.07, 6.45) is 4.40. The lowest BCUT2D eigenvalue weighted by Gasteiger charge is -2.22. The zero-order valence-corrected chi connectivity index (χ0v) is 8.20. The minimum absolute atomic E-state index is 0.634. The van der Waals surface area contributed by atoms with Gasteiger partial charge in [0.15, 0.2) is 0 Å². The summed E-state index contributed by atoms with van der Waals surface area (Å²) in [6.45, 7) is 5.33. The monoisotopic (exact) mass is 177 g/mol. The van der Waals surface area contributed by atoms with Crippen LogP contribution < -0.4 is 4.90 Å². The number of nitrogens with zero attached hydrogens (tertiary/aromatic N) is 3. The van der Waals surface area contributed by atoms with Crippen LogP contribution in [-0.2, 0) is 0 Å². The van der Waals surface area contributed by atoms with E-state index in [4.69, 9.17) is 0 Å². The summed E-state index contributed by atoms with van der Waals surface area (Å²) in [5, 5.41) is 0. The largest absolute Gasteiger partial charge is 0.354 e. The van der Waals surface area contributed by atoms with Crippen molar-refractivity contribution in [3.63, 3.8) is 0 Å². The summed E-state index contributed by atoms with van der Waals surface area (Å²) in [5.41, 5.74) is 0. The highest BCUT2D eigenvalue weighted by atomic mass is 15.2. The van der Waals surface area contributed by atoms with Gasteiger partial charge >= 0.3 is 0 Å². The second-order valence-corrected chi connectivity index (χ2v) is 3.65. The standard InChI is InChI=1S/C10H15N3/c1-8-4-3-7-13(8)10-5-6-11-9(2)12-10/h5-6,8H,3-4,7H2,1-2H3. The van der Waals surface area contributed by atoms with Crippen LogP contribution in [0, 0.1) is 6.92 Å². The molecule has 0 radical (unpaired) electrons. The molecule has 0 aromatic carbocycles. The molecule has 0 spiro atoms. The number of aromatic nitrogens is 2. The predicted octanol–water partition coefficient (Wildman–Crippen LogP) is 1.77. The van der Waals surface area contributed by atoms with Crippen molar-refractivity contribution in [2.45, 2.75) is 32.7 Å². The molecule has 1 aliphatic heterocycles. The highest BCUT2D eigenvalue weighted by molar-refractivity contribution is 5.39. The van der Waals surface area contributed by atoms with Crippen molar-refractivity contribution in [1.29, 1.82) is 0 Å². The lowest BCUT2D eigenvalue weighted by molar-refractivity contribution is 0.724. The Kier molecular flexibility index (Phi) is 2.17. The van der Waals surface area contributed by atoms with Crippen LogP contribution in [-0.4, -0.2) is 22.6 Å². The summed E-state index contributed by atoms with van der Waals surface area (Å²) in [4.78, 5) is 10.9. The first-order valence-electron chi connectivity index (χ1n) is 4.83. The van der Waals surface area contributed by atoms with E-state index in [1.807, 2.05) is 19.2 Å². The van der Waals surface area contributed by atoms with Gasteiger partial charge in [-0.3, -0.25) is 0 Å². The van der Waals surface area contributed by atoms with Crippen LogP contribution in [0.3, 0.4) is 0 Å². The minimum atomic E-state index is 0.634. The van der Waals surface area contributed by atoms with E-state index in [1.54, 1.807) is 0 Å². The van der Waals surface area contributed by atoms with E-state index in [2.05, 4.69) is 21.8 Å². The Morgan fingerprint density at radius 1 is 1.54 bits per heavy atom. The fourth-order valence-electron chi connectivity index (χ4n) is 1.88. The Morgan fingerprint density at radius 2 is 2.38 bits per heavy atom. The summed E-state index contributed by atoms with van der Waals surface area (Å²) < 4.78 is 0. The molecule has 1 unspecified atom stereocenters. The van der Waals surface area contributed by atoms with Crippen molar-refractivity contribution in [2.24, 2.45) is 0 Å². The SMILES string of the molecule is Cc1nccc(N2CCCC2C)n1. The highest BCUT2D eigenvalue weighted by Crippen LogP contribution is 2.22. The summed E-state index contributed by atoms with van der Waals surface area (Å²) in [6, 6.07) is 2.63. The average molecular weight is 177 g/mol. The van der Waals surface area contributed by atoms with Crippen molar-refractivity contribution < 1.29 is 0 Å². The number of hydrogen-bond acceptors (Lipinski definition) is 3. The minimum Gasteiger partial charge on any atom is -0.354 e. The van der Waals surface area contributed by atoms with E-state index in [9.17, 15) is 0 Å². The molecule has 13 heavy (non-hydrogen) atoms. The maximum absolute atomic E-state index is 4.42. The van der Waals surface area contributed by atoms with Crippen molar-refractivity contribution in [1.82, 2.24) is 9.97 Å². The molecule has 0 bridgehead atoms. The number of aryl methyl sites for hydroxylation is 1. The summed E-state index contributed by atoms with van der Waals surface area (Å²) in [7, 11) is 0. The molecule has 1 aromatic heterocycles. The lowest BCUT2D eigenvalue weighted by Crippen LogP contribution is -2.27. The molecular formula is C10H15N3. The van der Waals surface area contributed by atoms with E-state index in [1.165, 1.54) is 12.8 Å². The molecule has 1 aromatic rings. The van der Waals surface area contributed by atoms with E-state index in [0.29, 0.717) is 6.04 Å². The first-order chi connectivity index (χ1) is 6.27. The number of rotatable bonds is 1. The smallest absolute Gasteiger partial charge is 0.132 e. The molecule has 2 rings (SSSR count). The topological polar surface area (TPSA) is 29.0 Å². The van der Waals surface area contributed by atoms with Gasteiger partial charge in [0, 0.05) is 18.8 Å². The Bertz CT molecular complexity index is 298.